The van der Waals surface area contributed by atoms with Crippen molar-refractivity contribution >= 4 is 52.8 Å². The fourth-order valence-corrected chi connectivity index (χ4v) is 3.10. The van der Waals surface area contributed by atoms with Crippen LogP contribution in [-0.2, 0) is 9.53 Å². The van der Waals surface area contributed by atoms with Gasteiger partial charge in [0.1, 0.15) is 10.8 Å². The fourth-order valence-electron chi connectivity index (χ4n) is 2.25. The van der Waals surface area contributed by atoms with Crippen LogP contribution < -0.4 is 4.74 Å². The normalized spacial score (nSPS) is 12.0. The lowest BCUT2D eigenvalue weighted by Crippen LogP contribution is -2.20. The molecule has 0 spiro atoms. The Kier molecular flexibility index (Phi) is 8.42. The highest BCUT2D eigenvalue weighted by atomic mass is 35.5. The van der Waals surface area contributed by atoms with Gasteiger partial charge >= 0.3 is 5.97 Å². The quantitative estimate of drug-likeness (QED) is 0.159. The van der Waals surface area contributed by atoms with Crippen molar-refractivity contribution in [2.24, 2.45) is 0 Å². The molecule has 2 aromatic carbocycles. The van der Waals surface area contributed by atoms with Gasteiger partial charge < -0.3 is 9.47 Å². The number of ether oxygens (including phenoxy) is 2. The topological polar surface area (TPSA) is 52.6 Å². The smallest absolute Gasteiger partial charge is 0.308 e. The lowest BCUT2D eigenvalue weighted by molar-refractivity contribution is -0.160. The third-order valence-electron chi connectivity index (χ3n) is 3.74. The number of ketones is 1. The van der Waals surface area contributed by atoms with Gasteiger partial charge in [0.2, 0.25) is 6.29 Å². The van der Waals surface area contributed by atoms with E-state index in [1.807, 2.05) is 18.4 Å². The van der Waals surface area contributed by atoms with Crippen LogP contribution in [0.4, 0.5) is 0 Å². The zero-order valence-corrected chi connectivity index (χ0v) is 18.0. The minimum absolute atomic E-state index is 0.139. The average Bonchev–Trinajstić information content (AvgIpc) is 2.70. The maximum Gasteiger partial charge on any atom is 0.308 e. The first-order valence-corrected chi connectivity index (χ1v) is 10.5. The van der Waals surface area contributed by atoms with E-state index < -0.39 is 6.29 Å². The highest BCUT2D eigenvalue weighted by molar-refractivity contribution is 7.98. The summed E-state index contributed by atoms with van der Waals surface area (Å²) in [5, 5.41) is 0.426. The molecule has 0 amide bonds. The predicted molar refractivity (Wildman–Crippen MR) is 115 cm³/mol. The molecule has 0 bridgehead atoms. The molecule has 0 radical (unpaired) electrons. The maximum atomic E-state index is 12.3. The van der Waals surface area contributed by atoms with Crippen molar-refractivity contribution in [2.45, 2.75) is 31.5 Å². The number of hydrogen-bond acceptors (Lipinski definition) is 5. The van der Waals surface area contributed by atoms with Gasteiger partial charge in [-0.05, 0) is 60.4 Å². The highest BCUT2D eigenvalue weighted by Gasteiger charge is 2.15. The zero-order valence-electron chi connectivity index (χ0n) is 15.7. The first-order valence-electron chi connectivity index (χ1n) is 8.56. The molecule has 7 heteroatoms. The van der Waals surface area contributed by atoms with E-state index in [-0.39, 0.29) is 28.2 Å². The second kappa shape index (κ2) is 10.6. The number of rotatable bonds is 8. The van der Waals surface area contributed by atoms with Crippen LogP contribution in [-0.4, -0.2) is 24.3 Å². The van der Waals surface area contributed by atoms with E-state index in [0.29, 0.717) is 16.9 Å². The van der Waals surface area contributed by atoms with Gasteiger partial charge in [0, 0.05) is 23.8 Å². The largest absolute Gasteiger partial charge is 0.453 e. The van der Waals surface area contributed by atoms with Gasteiger partial charge in [0.25, 0.3) is 0 Å². The summed E-state index contributed by atoms with van der Waals surface area (Å²) in [7, 11) is 0. The molecule has 0 aromatic heterocycles. The molecule has 0 fully saturated rings. The van der Waals surface area contributed by atoms with Crippen LogP contribution in [0.2, 0.25) is 10.0 Å². The number of carbonyl (C=O) groups excluding carboxylic acids is 2. The second-order valence-corrected chi connectivity index (χ2v) is 7.37. The molecule has 28 heavy (non-hydrogen) atoms. The Labute approximate surface area is 178 Å². The maximum absolute atomic E-state index is 12.3. The van der Waals surface area contributed by atoms with Crippen molar-refractivity contribution in [3.8, 4) is 5.75 Å². The van der Waals surface area contributed by atoms with Crippen LogP contribution >= 0.6 is 35.0 Å². The minimum Gasteiger partial charge on any atom is -0.453 e. The van der Waals surface area contributed by atoms with Crippen molar-refractivity contribution in [1.29, 1.82) is 0 Å². The fraction of sp³-hybridized carbons (Fsp3) is 0.238. The van der Waals surface area contributed by atoms with Gasteiger partial charge in [0.05, 0.1) is 5.02 Å². The number of halogens is 2. The van der Waals surface area contributed by atoms with Gasteiger partial charge in [-0.15, -0.1) is 11.8 Å². The molecule has 0 saturated heterocycles. The highest BCUT2D eigenvalue weighted by Crippen LogP contribution is 2.36. The molecule has 2 rings (SSSR count). The molecule has 0 heterocycles. The van der Waals surface area contributed by atoms with Gasteiger partial charge in [-0.3, -0.25) is 9.59 Å². The van der Waals surface area contributed by atoms with E-state index in [9.17, 15) is 9.59 Å². The molecule has 0 aliphatic carbocycles. The van der Waals surface area contributed by atoms with Crippen LogP contribution in [0, 0.1) is 0 Å². The van der Waals surface area contributed by atoms with Crippen LogP contribution in [0.15, 0.2) is 47.4 Å². The van der Waals surface area contributed by atoms with Crippen molar-refractivity contribution in [3.63, 3.8) is 0 Å². The van der Waals surface area contributed by atoms with Gasteiger partial charge in [0.15, 0.2) is 5.78 Å². The monoisotopic (exact) mass is 438 g/mol. The van der Waals surface area contributed by atoms with E-state index in [1.54, 1.807) is 56.0 Å². The number of carbonyl (C=O) groups is 2. The number of hydrogen-bond donors (Lipinski definition) is 0. The van der Waals surface area contributed by atoms with E-state index in [0.717, 1.165) is 4.90 Å². The second-order valence-electron chi connectivity index (χ2n) is 5.74. The van der Waals surface area contributed by atoms with E-state index in [1.165, 1.54) is 6.08 Å². The standard InChI is InChI=1S/C21H20Cl2O4S/c1-4-19(25)27-13(2)26-18-12-8-15(20(22)21(18)23)7-11-17(24)14-5-9-16(28-3)10-6-14/h5-13H,4H2,1-3H3. The average molecular weight is 439 g/mol. The van der Waals surface area contributed by atoms with Crippen LogP contribution in [0.1, 0.15) is 36.2 Å². The molecule has 148 valence electrons. The van der Waals surface area contributed by atoms with Crippen LogP contribution in [0.3, 0.4) is 0 Å². The van der Waals surface area contributed by atoms with Crippen molar-refractivity contribution in [1.82, 2.24) is 0 Å². The summed E-state index contributed by atoms with van der Waals surface area (Å²) in [6, 6.07) is 10.6. The Morgan fingerprint density at radius 3 is 2.39 bits per heavy atom. The van der Waals surface area contributed by atoms with Crippen molar-refractivity contribution in [3.05, 3.63) is 63.6 Å². The molecule has 2 aromatic rings. The SMILES string of the molecule is CCC(=O)OC(C)Oc1ccc(C=CC(=O)c2ccc(SC)cc2)c(Cl)c1Cl. The first-order chi connectivity index (χ1) is 13.3. The Morgan fingerprint density at radius 1 is 1.11 bits per heavy atom. The molecule has 4 nitrogen and oxygen atoms in total. The summed E-state index contributed by atoms with van der Waals surface area (Å²) in [6.07, 6.45) is 4.47. The van der Waals surface area contributed by atoms with Crippen LogP contribution in [0.5, 0.6) is 5.75 Å². The third kappa shape index (κ3) is 6.03. The Morgan fingerprint density at radius 2 is 1.79 bits per heavy atom. The Hall–Kier alpha value is -1.95. The summed E-state index contributed by atoms with van der Waals surface area (Å²) < 4.78 is 10.6. The van der Waals surface area contributed by atoms with E-state index in [4.69, 9.17) is 32.7 Å². The molecule has 0 N–H and O–H groups in total. The molecule has 1 atom stereocenters. The summed E-state index contributed by atoms with van der Waals surface area (Å²) in [5.41, 5.74) is 1.16. The summed E-state index contributed by atoms with van der Waals surface area (Å²) in [6.45, 7) is 3.28. The summed E-state index contributed by atoms with van der Waals surface area (Å²) in [4.78, 5) is 24.7. The number of allylic oxidation sites excluding steroid dienone is 1. The summed E-state index contributed by atoms with van der Waals surface area (Å²) >= 11 is 14.2. The minimum atomic E-state index is -0.798. The van der Waals surface area contributed by atoms with Crippen LogP contribution in [0.25, 0.3) is 6.08 Å². The lowest BCUT2D eigenvalue weighted by Gasteiger charge is -2.16. The number of esters is 1. The number of thioether (sulfide) groups is 1. The zero-order chi connectivity index (χ0) is 20.7. The number of benzene rings is 2. The first kappa shape index (κ1) is 22.3. The van der Waals surface area contributed by atoms with Gasteiger partial charge in [-0.1, -0.05) is 30.1 Å². The van der Waals surface area contributed by atoms with Gasteiger partial charge in [-0.2, -0.15) is 0 Å². The van der Waals surface area contributed by atoms with Crippen molar-refractivity contribution < 1.29 is 19.1 Å². The molecule has 1 unspecified atom stereocenters. The molecular weight excluding hydrogens is 419 g/mol. The Balaban J connectivity index is 2.11. The summed E-state index contributed by atoms with van der Waals surface area (Å²) in [5.74, 6) is -0.224. The molecule has 0 saturated carbocycles. The molecular formula is C21H20Cl2O4S. The molecule has 0 aliphatic heterocycles. The molecule has 0 aliphatic rings. The predicted octanol–water partition coefficient (Wildman–Crippen LogP) is 6.29. The third-order valence-corrected chi connectivity index (χ3v) is 5.37. The van der Waals surface area contributed by atoms with Crippen molar-refractivity contribution in [2.75, 3.05) is 6.26 Å². The lowest BCUT2D eigenvalue weighted by atomic mass is 10.1. The Bertz CT molecular complexity index is 879. The van der Waals surface area contributed by atoms with E-state index >= 15 is 0 Å². The van der Waals surface area contributed by atoms with E-state index in [2.05, 4.69) is 0 Å². The van der Waals surface area contributed by atoms with Gasteiger partial charge in [-0.25, -0.2) is 0 Å².